The maximum Gasteiger partial charge on any atom is 0.257 e. The molecule has 1 N–H and O–H groups in total. The molecular weight excluding hydrogens is 301 g/mol. The highest BCUT2D eigenvalue weighted by molar-refractivity contribution is 6.71. The van der Waals surface area contributed by atoms with Crippen molar-refractivity contribution in [1.29, 1.82) is 0 Å². The highest BCUT2D eigenvalue weighted by atomic mass is 28.4. The zero-order valence-corrected chi connectivity index (χ0v) is 11.9. The van der Waals surface area contributed by atoms with E-state index in [4.69, 9.17) is 4.43 Å². The van der Waals surface area contributed by atoms with E-state index in [0.717, 1.165) is 0 Å². The molecule has 3 nitrogen and oxygen atoms in total. The van der Waals surface area contributed by atoms with Crippen molar-refractivity contribution in [2.24, 2.45) is 0 Å². The van der Waals surface area contributed by atoms with Gasteiger partial charge in [0.15, 0.2) is 23.3 Å². The van der Waals surface area contributed by atoms with Crippen LogP contribution in [0.3, 0.4) is 0 Å². The van der Waals surface area contributed by atoms with Gasteiger partial charge in [-0.15, -0.1) is 0 Å². The van der Waals surface area contributed by atoms with Gasteiger partial charge in [0.2, 0.25) is 14.1 Å². The quantitative estimate of drug-likeness (QED) is 0.401. The van der Waals surface area contributed by atoms with Crippen molar-refractivity contribution in [3.05, 3.63) is 34.6 Å². The Labute approximate surface area is 112 Å². The number of benzene rings is 1. The van der Waals surface area contributed by atoms with E-state index in [1.54, 1.807) is 13.1 Å². The molecule has 0 heterocycles. The van der Waals surface area contributed by atoms with Crippen molar-refractivity contribution in [2.75, 3.05) is 13.3 Å². The van der Waals surface area contributed by atoms with Gasteiger partial charge in [0.25, 0.3) is 5.91 Å². The van der Waals surface area contributed by atoms with E-state index in [0.29, 0.717) is 0 Å². The summed E-state index contributed by atoms with van der Waals surface area (Å²) in [6.45, 7) is 3.40. The van der Waals surface area contributed by atoms with Crippen LogP contribution in [0.4, 0.5) is 22.0 Å². The van der Waals surface area contributed by atoms with E-state index in [9.17, 15) is 26.7 Å². The number of carbonyl (C=O) groups is 1. The number of carbonyl (C=O) groups excluding carboxylic acids is 1. The van der Waals surface area contributed by atoms with Crippen LogP contribution in [0.15, 0.2) is 0 Å². The molecule has 0 atom stereocenters. The number of halogens is 5. The van der Waals surface area contributed by atoms with E-state index < -0.39 is 48.9 Å². The van der Waals surface area contributed by atoms with Gasteiger partial charge in [0.1, 0.15) is 5.56 Å². The Morgan fingerprint density at radius 3 is 1.80 bits per heavy atom. The Bertz CT molecular complexity index is 521. The predicted octanol–water partition coefficient (Wildman–Crippen LogP) is 2.50. The zero-order chi connectivity index (χ0) is 15.7. The van der Waals surface area contributed by atoms with Crippen LogP contribution in [-0.2, 0) is 4.43 Å². The van der Waals surface area contributed by atoms with Crippen molar-refractivity contribution in [3.8, 4) is 0 Å². The third-order valence-electron chi connectivity index (χ3n) is 2.66. The summed E-state index contributed by atoms with van der Waals surface area (Å²) in [5.41, 5.74) is -1.50. The van der Waals surface area contributed by atoms with Crippen LogP contribution in [-0.4, -0.2) is 27.5 Å². The Morgan fingerprint density at radius 1 is 1.00 bits per heavy atom. The lowest BCUT2D eigenvalue weighted by Gasteiger charge is -2.20. The number of amides is 1. The topological polar surface area (TPSA) is 38.3 Å². The van der Waals surface area contributed by atoms with Crippen LogP contribution in [0.1, 0.15) is 10.4 Å². The molecule has 0 saturated heterocycles. The van der Waals surface area contributed by atoms with Gasteiger partial charge in [-0.2, -0.15) is 0 Å². The molecule has 0 aliphatic carbocycles. The van der Waals surface area contributed by atoms with Gasteiger partial charge in [0, 0.05) is 13.3 Å². The Balaban J connectivity index is 3.12. The molecule has 0 aliphatic rings. The minimum Gasteiger partial charge on any atom is -0.419 e. The molecule has 9 heteroatoms. The fraction of sp³-hybridized carbons (Fsp3) is 0.364. The van der Waals surface area contributed by atoms with Crippen LogP contribution >= 0.6 is 0 Å². The lowest BCUT2D eigenvalue weighted by Crippen LogP contribution is -2.44. The predicted molar refractivity (Wildman–Crippen MR) is 63.1 cm³/mol. The molecule has 0 radical (unpaired) electrons. The molecule has 1 aromatic rings. The first-order valence-electron chi connectivity index (χ1n) is 5.47. The van der Waals surface area contributed by atoms with Crippen molar-refractivity contribution < 1.29 is 31.2 Å². The molecule has 0 aliphatic heterocycles. The SMILES string of the molecule is CO[Si](C)(C)CNC(=O)c1c(F)c(F)c(F)c(F)c1F. The van der Waals surface area contributed by atoms with Gasteiger partial charge in [-0.25, -0.2) is 22.0 Å². The number of nitrogens with one attached hydrogen (secondary N) is 1. The standard InChI is InChI=1S/C11H12F5NO2Si/c1-19-20(2,3)4-17-11(18)5-6(12)8(14)10(16)9(15)7(5)13/h4H2,1-3H3,(H,17,18). The fourth-order valence-electron chi connectivity index (χ4n) is 1.26. The summed E-state index contributed by atoms with van der Waals surface area (Å²) in [5, 5.41) is 2.11. The third-order valence-corrected chi connectivity index (χ3v) is 4.80. The first-order chi connectivity index (χ1) is 9.12. The van der Waals surface area contributed by atoms with Crippen molar-refractivity contribution >= 4 is 14.2 Å². The van der Waals surface area contributed by atoms with Crippen molar-refractivity contribution in [3.63, 3.8) is 0 Å². The minimum atomic E-state index is -2.30. The van der Waals surface area contributed by atoms with E-state index in [1.807, 2.05) is 0 Å². The van der Waals surface area contributed by atoms with E-state index in [1.165, 1.54) is 7.11 Å². The van der Waals surface area contributed by atoms with Crippen LogP contribution < -0.4 is 5.32 Å². The van der Waals surface area contributed by atoms with Gasteiger partial charge < -0.3 is 9.74 Å². The van der Waals surface area contributed by atoms with E-state index >= 15 is 0 Å². The van der Waals surface area contributed by atoms with Crippen LogP contribution in [0.2, 0.25) is 13.1 Å². The van der Waals surface area contributed by atoms with Gasteiger partial charge in [-0.1, -0.05) is 0 Å². The molecule has 0 spiro atoms. The van der Waals surface area contributed by atoms with Gasteiger partial charge >= 0.3 is 0 Å². The average molecular weight is 313 g/mol. The average Bonchev–Trinajstić information content (AvgIpc) is 2.41. The molecule has 1 aromatic carbocycles. The molecule has 112 valence electrons. The van der Waals surface area contributed by atoms with E-state index in [2.05, 4.69) is 5.32 Å². The molecular formula is C11H12F5NO2Si. The summed E-state index contributed by atoms with van der Waals surface area (Å²) in [6.07, 6.45) is -0.0399. The molecule has 1 amide bonds. The summed E-state index contributed by atoms with van der Waals surface area (Å²) >= 11 is 0. The Kier molecular flexibility index (Phi) is 4.87. The fourth-order valence-corrected chi connectivity index (χ4v) is 1.99. The normalized spacial score (nSPS) is 11.6. The van der Waals surface area contributed by atoms with Crippen LogP contribution in [0, 0.1) is 29.1 Å². The highest BCUT2D eigenvalue weighted by Crippen LogP contribution is 2.22. The van der Waals surface area contributed by atoms with Crippen LogP contribution in [0.5, 0.6) is 0 Å². The second kappa shape index (κ2) is 5.88. The monoisotopic (exact) mass is 313 g/mol. The maximum absolute atomic E-state index is 13.4. The van der Waals surface area contributed by atoms with Gasteiger partial charge in [-0.05, 0) is 13.1 Å². The summed E-state index contributed by atoms with van der Waals surface area (Å²) in [7, 11) is -0.885. The van der Waals surface area contributed by atoms with Crippen molar-refractivity contribution in [2.45, 2.75) is 13.1 Å². The Hall–Kier alpha value is -1.48. The lowest BCUT2D eigenvalue weighted by molar-refractivity contribution is 0.0946. The number of rotatable bonds is 4. The molecule has 0 aromatic heterocycles. The largest absolute Gasteiger partial charge is 0.419 e. The molecule has 0 fully saturated rings. The smallest absolute Gasteiger partial charge is 0.257 e. The second-order valence-corrected chi connectivity index (χ2v) is 8.87. The summed E-state index contributed by atoms with van der Waals surface area (Å²) in [4.78, 5) is 11.6. The van der Waals surface area contributed by atoms with E-state index in [-0.39, 0.29) is 6.17 Å². The number of hydrogen-bond acceptors (Lipinski definition) is 2. The molecule has 0 saturated carbocycles. The molecule has 0 bridgehead atoms. The number of hydrogen-bond donors (Lipinski definition) is 1. The minimum absolute atomic E-state index is 0.0399. The summed E-state index contributed by atoms with van der Waals surface area (Å²) < 4.78 is 70.5. The van der Waals surface area contributed by atoms with Crippen LogP contribution in [0.25, 0.3) is 0 Å². The Morgan fingerprint density at radius 2 is 1.40 bits per heavy atom. The van der Waals surface area contributed by atoms with Crippen molar-refractivity contribution in [1.82, 2.24) is 5.32 Å². The maximum atomic E-state index is 13.4. The first kappa shape index (κ1) is 16.6. The van der Waals surface area contributed by atoms with Gasteiger partial charge in [0.05, 0.1) is 0 Å². The lowest BCUT2D eigenvalue weighted by atomic mass is 10.1. The molecule has 1 rings (SSSR count). The molecule has 0 unspecified atom stereocenters. The highest BCUT2D eigenvalue weighted by Gasteiger charge is 2.31. The zero-order valence-electron chi connectivity index (χ0n) is 10.9. The summed E-state index contributed by atoms with van der Waals surface area (Å²) in [5.74, 6) is -12.3. The first-order valence-corrected chi connectivity index (χ1v) is 8.58. The summed E-state index contributed by atoms with van der Waals surface area (Å²) in [6, 6.07) is 0. The molecule has 20 heavy (non-hydrogen) atoms. The third kappa shape index (κ3) is 3.15. The second-order valence-electron chi connectivity index (χ2n) is 4.59. The van der Waals surface area contributed by atoms with Gasteiger partial charge in [-0.3, -0.25) is 4.79 Å².